The van der Waals surface area contributed by atoms with E-state index in [1.54, 1.807) is 0 Å². The lowest BCUT2D eigenvalue weighted by Crippen LogP contribution is -2.62. The van der Waals surface area contributed by atoms with Crippen LogP contribution in [-0.2, 0) is 0 Å². The third-order valence-corrected chi connectivity index (χ3v) is 5.47. The molecule has 0 amide bonds. The highest BCUT2D eigenvalue weighted by molar-refractivity contribution is 7.99. The van der Waals surface area contributed by atoms with Crippen LogP contribution in [0.25, 0.3) is 0 Å². The number of nitrogens with one attached hydrogen (secondary N) is 1. The molecule has 2 rings (SSSR count). The van der Waals surface area contributed by atoms with Gasteiger partial charge in [0.2, 0.25) is 0 Å². The van der Waals surface area contributed by atoms with Gasteiger partial charge in [-0.25, -0.2) is 0 Å². The van der Waals surface area contributed by atoms with E-state index < -0.39 is 0 Å². The van der Waals surface area contributed by atoms with E-state index in [4.69, 9.17) is 0 Å². The average molecular weight is 292 g/mol. The molecule has 1 heterocycles. The Balaban J connectivity index is 1.85. The maximum atomic E-state index is 3.74. The van der Waals surface area contributed by atoms with Gasteiger partial charge in [0.25, 0.3) is 0 Å². The van der Waals surface area contributed by atoms with Gasteiger partial charge < -0.3 is 5.32 Å². The Morgan fingerprint density at radius 3 is 2.70 bits per heavy atom. The summed E-state index contributed by atoms with van der Waals surface area (Å²) < 4.78 is 0. The largest absolute Gasteiger partial charge is 0.309 e. The summed E-state index contributed by atoms with van der Waals surface area (Å²) in [6, 6.07) is 11.4. The third kappa shape index (κ3) is 4.24. The fourth-order valence-electron chi connectivity index (χ4n) is 2.82. The molecule has 112 valence electrons. The molecule has 0 bridgehead atoms. The molecule has 0 aromatic heterocycles. The van der Waals surface area contributed by atoms with Crippen molar-refractivity contribution in [3.63, 3.8) is 0 Å². The Morgan fingerprint density at radius 1 is 1.30 bits per heavy atom. The van der Waals surface area contributed by atoms with Gasteiger partial charge in [-0.2, -0.15) is 0 Å². The van der Waals surface area contributed by atoms with Gasteiger partial charge in [-0.1, -0.05) is 32.0 Å². The number of nitrogens with zero attached hydrogens (tertiary/aromatic N) is 1. The van der Waals surface area contributed by atoms with Gasteiger partial charge in [0, 0.05) is 41.9 Å². The van der Waals surface area contributed by atoms with Crippen molar-refractivity contribution < 1.29 is 0 Å². The van der Waals surface area contributed by atoms with Crippen LogP contribution in [0.4, 0.5) is 0 Å². The molecule has 1 aliphatic heterocycles. The van der Waals surface area contributed by atoms with Crippen LogP contribution >= 0.6 is 11.8 Å². The zero-order chi connectivity index (χ0) is 14.4. The Morgan fingerprint density at radius 2 is 2.05 bits per heavy atom. The second-order valence-electron chi connectivity index (χ2n) is 5.99. The van der Waals surface area contributed by atoms with Crippen molar-refractivity contribution in [1.82, 2.24) is 10.2 Å². The Bertz CT molecular complexity index is 395. The van der Waals surface area contributed by atoms with E-state index in [9.17, 15) is 0 Å². The Labute approximate surface area is 128 Å². The predicted octanol–water partition coefficient (Wildman–Crippen LogP) is 3.63. The molecule has 3 heteroatoms. The summed E-state index contributed by atoms with van der Waals surface area (Å²) in [6.45, 7) is 10.5. The lowest BCUT2D eigenvalue weighted by atomic mass is 9.93. The van der Waals surface area contributed by atoms with Crippen molar-refractivity contribution in [1.29, 1.82) is 0 Å². The summed E-state index contributed by atoms with van der Waals surface area (Å²) in [6.07, 6.45) is 2.44. The molecule has 1 fully saturated rings. The second kappa shape index (κ2) is 7.48. The predicted molar refractivity (Wildman–Crippen MR) is 89.5 cm³/mol. The molecule has 0 spiro atoms. The van der Waals surface area contributed by atoms with Crippen molar-refractivity contribution in [2.24, 2.45) is 0 Å². The van der Waals surface area contributed by atoms with E-state index in [0.29, 0.717) is 11.6 Å². The molecule has 1 aromatic rings. The first kappa shape index (κ1) is 15.9. The highest BCUT2D eigenvalue weighted by Crippen LogP contribution is 2.22. The summed E-state index contributed by atoms with van der Waals surface area (Å²) in [5.41, 5.74) is 0.295. The van der Waals surface area contributed by atoms with Crippen molar-refractivity contribution in [3.05, 3.63) is 30.3 Å². The van der Waals surface area contributed by atoms with Gasteiger partial charge in [0.05, 0.1) is 0 Å². The smallest absolute Gasteiger partial charge is 0.0278 e. The highest BCUT2D eigenvalue weighted by atomic mass is 32.2. The van der Waals surface area contributed by atoms with E-state index >= 15 is 0 Å². The van der Waals surface area contributed by atoms with Gasteiger partial charge >= 0.3 is 0 Å². The summed E-state index contributed by atoms with van der Waals surface area (Å²) in [7, 11) is 0. The summed E-state index contributed by atoms with van der Waals surface area (Å²) in [5.74, 6) is 1.18. The molecule has 20 heavy (non-hydrogen) atoms. The first-order chi connectivity index (χ1) is 9.67. The number of benzene rings is 1. The van der Waals surface area contributed by atoms with E-state index in [-0.39, 0.29) is 0 Å². The van der Waals surface area contributed by atoms with Crippen LogP contribution in [0.1, 0.15) is 33.6 Å². The molecule has 1 saturated heterocycles. The summed E-state index contributed by atoms with van der Waals surface area (Å²) >= 11 is 1.97. The van der Waals surface area contributed by atoms with Crippen molar-refractivity contribution in [2.75, 3.05) is 25.4 Å². The minimum Gasteiger partial charge on any atom is -0.309 e. The number of hydrogen-bond acceptors (Lipinski definition) is 3. The maximum absolute atomic E-state index is 3.74. The van der Waals surface area contributed by atoms with Crippen molar-refractivity contribution in [2.45, 2.75) is 50.1 Å². The first-order valence-electron chi connectivity index (χ1n) is 7.84. The standard InChI is InChI=1S/C17H28N2S/c1-4-15-13-18-17(3,5-2)14-19(15)11-12-20-16-9-7-6-8-10-16/h6-10,15,18H,4-5,11-14H2,1-3H3. The lowest BCUT2D eigenvalue weighted by Gasteiger charge is -2.46. The molecule has 0 saturated carbocycles. The molecule has 1 aliphatic rings. The normalized spacial score (nSPS) is 27.6. The van der Waals surface area contributed by atoms with E-state index in [1.165, 1.54) is 36.6 Å². The number of thioether (sulfide) groups is 1. The van der Waals surface area contributed by atoms with Gasteiger partial charge in [-0.3, -0.25) is 4.90 Å². The monoisotopic (exact) mass is 292 g/mol. The minimum atomic E-state index is 0.295. The second-order valence-corrected chi connectivity index (χ2v) is 7.16. The van der Waals surface area contributed by atoms with E-state index in [2.05, 4.69) is 61.3 Å². The average Bonchev–Trinajstić information content (AvgIpc) is 2.49. The fourth-order valence-corrected chi connectivity index (χ4v) is 3.74. The molecule has 1 aromatic carbocycles. The van der Waals surface area contributed by atoms with Gasteiger partial charge in [-0.15, -0.1) is 11.8 Å². The molecule has 2 unspecified atom stereocenters. The van der Waals surface area contributed by atoms with Crippen LogP contribution in [0.3, 0.4) is 0 Å². The number of rotatable bonds is 6. The van der Waals surface area contributed by atoms with E-state index in [1.807, 2.05) is 11.8 Å². The molecular formula is C17H28N2S. The molecule has 0 radical (unpaired) electrons. The quantitative estimate of drug-likeness (QED) is 0.806. The summed E-state index contributed by atoms with van der Waals surface area (Å²) in [4.78, 5) is 4.07. The van der Waals surface area contributed by atoms with Crippen LogP contribution < -0.4 is 5.32 Å². The molecule has 1 N–H and O–H groups in total. The van der Waals surface area contributed by atoms with Gasteiger partial charge in [-0.05, 0) is 31.9 Å². The minimum absolute atomic E-state index is 0.295. The van der Waals surface area contributed by atoms with Crippen LogP contribution in [0.2, 0.25) is 0 Å². The van der Waals surface area contributed by atoms with Crippen LogP contribution in [-0.4, -0.2) is 41.9 Å². The van der Waals surface area contributed by atoms with Crippen molar-refractivity contribution in [3.8, 4) is 0 Å². The number of hydrogen-bond donors (Lipinski definition) is 1. The highest BCUT2D eigenvalue weighted by Gasteiger charge is 2.33. The zero-order valence-electron chi connectivity index (χ0n) is 13.1. The maximum Gasteiger partial charge on any atom is 0.0278 e. The van der Waals surface area contributed by atoms with Crippen LogP contribution in [0.15, 0.2) is 35.2 Å². The first-order valence-corrected chi connectivity index (χ1v) is 8.82. The molecule has 0 aliphatic carbocycles. The SMILES string of the molecule is CCC1CNC(C)(CC)CN1CCSc1ccccc1. The topological polar surface area (TPSA) is 15.3 Å². The fraction of sp³-hybridized carbons (Fsp3) is 0.647. The molecule has 2 atom stereocenters. The number of piperazine rings is 1. The Hall–Kier alpha value is -0.510. The molecular weight excluding hydrogens is 264 g/mol. The van der Waals surface area contributed by atoms with E-state index in [0.717, 1.165) is 6.54 Å². The van der Waals surface area contributed by atoms with Gasteiger partial charge in [0.1, 0.15) is 0 Å². The zero-order valence-corrected chi connectivity index (χ0v) is 13.9. The molecule has 2 nitrogen and oxygen atoms in total. The van der Waals surface area contributed by atoms with Crippen molar-refractivity contribution >= 4 is 11.8 Å². The van der Waals surface area contributed by atoms with Crippen LogP contribution in [0, 0.1) is 0 Å². The Kier molecular flexibility index (Phi) is 5.94. The lowest BCUT2D eigenvalue weighted by molar-refractivity contribution is 0.0884. The van der Waals surface area contributed by atoms with Gasteiger partial charge in [0.15, 0.2) is 0 Å². The van der Waals surface area contributed by atoms with Crippen LogP contribution in [0.5, 0.6) is 0 Å². The third-order valence-electron chi connectivity index (χ3n) is 4.47. The summed E-state index contributed by atoms with van der Waals surface area (Å²) in [5, 5.41) is 3.74.